The van der Waals surface area contributed by atoms with Gasteiger partial charge in [-0.25, -0.2) is 4.79 Å². The molecular weight excluding hydrogens is 309 g/mol. The van der Waals surface area contributed by atoms with Crippen LogP contribution in [0.4, 0.5) is 27.6 Å². The number of halogens is 5. The Labute approximate surface area is 124 Å². The fourth-order valence-electron chi connectivity index (χ4n) is 1.75. The van der Waals surface area contributed by atoms with Crippen LogP contribution in [0.1, 0.15) is 12.5 Å². The summed E-state index contributed by atoms with van der Waals surface area (Å²) in [5.74, 6) is -8.08. The minimum absolute atomic E-state index is 0.0135. The quantitative estimate of drug-likeness (QED) is 0.592. The topological polar surface area (TPSA) is 29.5 Å². The average molecular weight is 325 g/mol. The van der Waals surface area contributed by atoms with Crippen molar-refractivity contribution in [2.45, 2.75) is 25.9 Å². The highest BCUT2D eigenvalue weighted by Crippen LogP contribution is 2.36. The molecule has 0 aliphatic carbocycles. The van der Waals surface area contributed by atoms with Gasteiger partial charge in [0.2, 0.25) is 0 Å². The Morgan fingerprint density at radius 1 is 1.23 bits per heavy atom. The number of esters is 1. The minimum Gasteiger partial charge on any atom is -0.459 e. The first kappa shape index (κ1) is 18.2. The zero-order chi connectivity index (χ0) is 17.0. The van der Waals surface area contributed by atoms with Crippen molar-refractivity contribution in [1.82, 2.24) is 0 Å². The van der Waals surface area contributed by atoms with Gasteiger partial charge in [0.1, 0.15) is 6.61 Å². The number of aryl methyl sites for hydroxylation is 1. The second-order valence-electron chi connectivity index (χ2n) is 4.63. The van der Waals surface area contributed by atoms with Gasteiger partial charge in [-0.3, -0.25) is 0 Å². The largest absolute Gasteiger partial charge is 0.465 e. The fraction of sp³-hybridized carbons (Fsp3) is 0.500. The van der Waals surface area contributed by atoms with Crippen LogP contribution in [0, 0.1) is 6.92 Å². The van der Waals surface area contributed by atoms with E-state index in [9.17, 15) is 26.7 Å². The molecule has 0 saturated heterocycles. The number of hydrogen-bond acceptors (Lipinski definition) is 3. The molecule has 0 heterocycles. The van der Waals surface area contributed by atoms with Crippen molar-refractivity contribution in [3.63, 3.8) is 0 Å². The molecule has 0 unspecified atom stereocenters. The Hall–Kier alpha value is -1.86. The van der Waals surface area contributed by atoms with Gasteiger partial charge in [-0.1, -0.05) is 12.1 Å². The van der Waals surface area contributed by atoms with Crippen molar-refractivity contribution in [3.8, 4) is 0 Å². The maximum atomic E-state index is 12.7. The third kappa shape index (κ3) is 4.32. The molecule has 1 aromatic rings. The fourth-order valence-corrected chi connectivity index (χ4v) is 1.75. The van der Waals surface area contributed by atoms with Crippen molar-refractivity contribution in [3.05, 3.63) is 29.8 Å². The number of carbonyl (C=O) groups is 1. The van der Waals surface area contributed by atoms with Gasteiger partial charge in [0.05, 0.1) is 6.54 Å². The smallest absolute Gasteiger partial charge is 0.459 e. The number of alkyl halides is 5. The first-order valence-corrected chi connectivity index (χ1v) is 6.53. The Kier molecular flexibility index (Phi) is 5.73. The summed E-state index contributed by atoms with van der Waals surface area (Å²) in [6.07, 6.45) is -5.95. The average Bonchev–Trinajstić information content (AvgIpc) is 2.42. The van der Waals surface area contributed by atoms with Crippen LogP contribution in [0.3, 0.4) is 0 Å². The lowest BCUT2D eigenvalue weighted by atomic mass is 10.2. The molecular formula is C14H16F5NO2. The van der Waals surface area contributed by atoms with Crippen LogP contribution in [0.2, 0.25) is 0 Å². The summed E-state index contributed by atoms with van der Waals surface area (Å²) in [4.78, 5) is 12.6. The van der Waals surface area contributed by atoms with Crippen LogP contribution in [0.25, 0.3) is 0 Å². The van der Waals surface area contributed by atoms with E-state index in [1.54, 1.807) is 24.0 Å². The lowest BCUT2D eigenvalue weighted by Gasteiger charge is -2.24. The molecule has 124 valence electrons. The molecule has 3 nitrogen and oxygen atoms in total. The third-order valence-electron chi connectivity index (χ3n) is 2.96. The molecule has 0 N–H and O–H groups in total. The van der Waals surface area contributed by atoms with E-state index in [4.69, 9.17) is 0 Å². The summed E-state index contributed by atoms with van der Waals surface area (Å²) in [6.45, 7) is 3.58. The summed E-state index contributed by atoms with van der Waals surface area (Å²) in [5.41, 5.74) is 1.73. The van der Waals surface area contributed by atoms with Crippen LogP contribution >= 0.6 is 0 Å². The monoisotopic (exact) mass is 325 g/mol. The lowest BCUT2D eigenvalue weighted by Crippen LogP contribution is -2.45. The van der Waals surface area contributed by atoms with Crippen LogP contribution in [-0.2, 0) is 9.53 Å². The van der Waals surface area contributed by atoms with Crippen LogP contribution in [0.15, 0.2) is 24.3 Å². The van der Waals surface area contributed by atoms with Gasteiger partial charge in [0.15, 0.2) is 0 Å². The van der Waals surface area contributed by atoms with Crippen molar-refractivity contribution < 1.29 is 31.5 Å². The second-order valence-corrected chi connectivity index (χ2v) is 4.63. The molecule has 0 atom stereocenters. The molecule has 22 heavy (non-hydrogen) atoms. The third-order valence-corrected chi connectivity index (χ3v) is 2.96. The van der Waals surface area contributed by atoms with Gasteiger partial charge in [-0.2, -0.15) is 22.0 Å². The Balaban J connectivity index is 2.60. The molecule has 0 fully saturated rings. The highest BCUT2D eigenvalue weighted by Gasteiger charge is 2.64. The molecule has 0 aromatic heterocycles. The maximum absolute atomic E-state index is 12.7. The van der Waals surface area contributed by atoms with E-state index in [1.165, 1.54) is 0 Å². The number of carbonyl (C=O) groups excluding carboxylic acids is 1. The van der Waals surface area contributed by atoms with Crippen molar-refractivity contribution >= 4 is 11.7 Å². The number of likely N-dealkylation sites (N-methyl/N-ethyl adjacent to an activating group) is 1. The van der Waals surface area contributed by atoms with E-state index >= 15 is 0 Å². The molecule has 8 heteroatoms. The highest BCUT2D eigenvalue weighted by atomic mass is 19.4. The Bertz CT molecular complexity index is 516. The molecule has 0 aliphatic rings. The van der Waals surface area contributed by atoms with Crippen molar-refractivity contribution in [2.24, 2.45) is 0 Å². The van der Waals surface area contributed by atoms with Gasteiger partial charge in [0, 0.05) is 12.2 Å². The van der Waals surface area contributed by atoms with Gasteiger partial charge < -0.3 is 9.64 Å². The number of hydrogen-bond donors (Lipinski definition) is 0. The van der Waals surface area contributed by atoms with E-state index in [0.717, 1.165) is 11.3 Å². The van der Waals surface area contributed by atoms with Crippen molar-refractivity contribution in [1.29, 1.82) is 0 Å². The number of ether oxygens (including phenoxy) is 1. The first-order valence-electron chi connectivity index (χ1n) is 6.53. The van der Waals surface area contributed by atoms with E-state index in [0.29, 0.717) is 6.54 Å². The molecule has 0 spiro atoms. The Morgan fingerprint density at radius 3 is 2.36 bits per heavy atom. The van der Waals surface area contributed by atoms with Crippen molar-refractivity contribution in [2.75, 3.05) is 24.6 Å². The lowest BCUT2D eigenvalue weighted by molar-refractivity contribution is -0.280. The van der Waals surface area contributed by atoms with Crippen LogP contribution < -0.4 is 4.90 Å². The van der Waals surface area contributed by atoms with Crippen LogP contribution in [-0.4, -0.2) is 37.8 Å². The molecule has 0 saturated carbocycles. The zero-order valence-corrected chi connectivity index (χ0v) is 12.1. The number of benzene rings is 1. The Morgan fingerprint density at radius 2 is 1.86 bits per heavy atom. The molecule has 1 rings (SSSR count). The SMILES string of the molecule is CCN(CCOC(=O)C(F)(F)C(F)(F)F)c1cccc(C)c1. The van der Waals surface area contributed by atoms with E-state index in [-0.39, 0.29) is 6.54 Å². The first-order chi connectivity index (χ1) is 10.1. The maximum Gasteiger partial charge on any atom is 0.465 e. The molecule has 0 aliphatic heterocycles. The predicted octanol–water partition coefficient (Wildman–Crippen LogP) is 3.56. The summed E-state index contributed by atoms with van der Waals surface area (Å²) in [7, 11) is 0. The standard InChI is InChI=1S/C14H16F5NO2/c1-3-20(11-6-4-5-10(2)9-11)7-8-22-12(21)13(15,16)14(17,18)19/h4-6,9H,3,7-8H2,1-2H3. The summed E-state index contributed by atoms with van der Waals surface area (Å²) < 4.78 is 65.4. The van der Waals surface area contributed by atoms with Gasteiger partial charge in [-0.05, 0) is 31.5 Å². The minimum atomic E-state index is -5.95. The van der Waals surface area contributed by atoms with Crippen LogP contribution in [0.5, 0.6) is 0 Å². The number of anilines is 1. The zero-order valence-electron chi connectivity index (χ0n) is 12.1. The summed E-state index contributed by atoms with van der Waals surface area (Å²) >= 11 is 0. The number of nitrogens with zero attached hydrogens (tertiary/aromatic N) is 1. The number of rotatable bonds is 6. The van der Waals surface area contributed by atoms with E-state index < -0.39 is 24.7 Å². The summed E-state index contributed by atoms with van der Waals surface area (Å²) in [5, 5.41) is 0. The summed E-state index contributed by atoms with van der Waals surface area (Å²) in [6, 6.07) is 7.25. The van der Waals surface area contributed by atoms with Gasteiger partial charge >= 0.3 is 18.1 Å². The molecule has 0 radical (unpaired) electrons. The van der Waals surface area contributed by atoms with Gasteiger partial charge in [0.25, 0.3) is 0 Å². The molecule has 1 aromatic carbocycles. The van der Waals surface area contributed by atoms with Gasteiger partial charge in [-0.15, -0.1) is 0 Å². The molecule has 0 bridgehead atoms. The normalized spacial score (nSPS) is 12.1. The second kappa shape index (κ2) is 6.93. The highest BCUT2D eigenvalue weighted by molar-refractivity contribution is 5.78. The van der Waals surface area contributed by atoms with E-state index in [2.05, 4.69) is 4.74 Å². The van der Waals surface area contributed by atoms with E-state index in [1.807, 2.05) is 19.1 Å². The predicted molar refractivity (Wildman–Crippen MR) is 71.0 cm³/mol. The molecule has 0 amide bonds.